The Balaban J connectivity index is 2.18. The van der Waals surface area contributed by atoms with Crippen LogP contribution in [0.2, 0.25) is 0 Å². The Kier molecular flexibility index (Phi) is 3.74. The van der Waals surface area contributed by atoms with E-state index in [4.69, 9.17) is 9.63 Å². The Labute approximate surface area is 108 Å². The lowest BCUT2D eigenvalue weighted by atomic mass is 10.3. The summed E-state index contributed by atoms with van der Waals surface area (Å²) in [4.78, 5) is 26.5. The Morgan fingerprint density at radius 2 is 2.32 bits per heavy atom. The minimum Gasteiger partial charge on any atom is -0.478 e. The number of hydrogen-bond acceptors (Lipinski definition) is 5. The number of hydrogen-bond donors (Lipinski definition) is 1. The molecule has 7 nitrogen and oxygen atoms in total. The second-order valence-corrected chi connectivity index (χ2v) is 4.04. The summed E-state index contributed by atoms with van der Waals surface area (Å²) in [6.07, 6.45) is 3.00. The summed E-state index contributed by atoms with van der Waals surface area (Å²) in [5.41, 5.74) is -0.456. The van der Waals surface area contributed by atoms with Crippen molar-refractivity contribution in [2.75, 3.05) is 0 Å². The van der Waals surface area contributed by atoms with Crippen LogP contribution in [0.25, 0.3) is 0 Å². The van der Waals surface area contributed by atoms with Gasteiger partial charge in [-0.15, -0.1) is 0 Å². The van der Waals surface area contributed by atoms with Crippen LogP contribution in [0.15, 0.2) is 27.6 Å². The van der Waals surface area contributed by atoms with Gasteiger partial charge in [-0.2, -0.15) is 4.98 Å². The quantitative estimate of drug-likeness (QED) is 0.861. The maximum absolute atomic E-state index is 11.7. The molecule has 7 heteroatoms. The van der Waals surface area contributed by atoms with Gasteiger partial charge in [-0.25, -0.2) is 4.79 Å². The predicted molar refractivity (Wildman–Crippen MR) is 65.1 cm³/mol. The zero-order valence-corrected chi connectivity index (χ0v) is 10.4. The zero-order chi connectivity index (χ0) is 13.8. The van der Waals surface area contributed by atoms with E-state index in [2.05, 4.69) is 10.1 Å². The Morgan fingerprint density at radius 3 is 2.95 bits per heavy atom. The summed E-state index contributed by atoms with van der Waals surface area (Å²) in [5, 5.41) is 12.5. The number of nitrogens with zero attached hydrogens (tertiary/aromatic N) is 3. The summed E-state index contributed by atoms with van der Waals surface area (Å²) >= 11 is 0. The molecule has 2 rings (SSSR count). The molecule has 1 N–H and O–H groups in total. The van der Waals surface area contributed by atoms with Gasteiger partial charge < -0.3 is 14.2 Å². The molecule has 19 heavy (non-hydrogen) atoms. The van der Waals surface area contributed by atoms with Gasteiger partial charge in [0.2, 0.25) is 5.89 Å². The maximum atomic E-state index is 11.7. The van der Waals surface area contributed by atoms with Gasteiger partial charge in [0.25, 0.3) is 5.56 Å². The van der Waals surface area contributed by atoms with Crippen LogP contribution >= 0.6 is 0 Å². The minimum absolute atomic E-state index is 0.0407. The number of pyridine rings is 1. The average Bonchev–Trinajstić information content (AvgIpc) is 2.79. The van der Waals surface area contributed by atoms with E-state index >= 15 is 0 Å². The molecule has 0 aliphatic rings. The summed E-state index contributed by atoms with van der Waals surface area (Å²) in [6.45, 7) is 2.16. The van der Waals surface area contributed by atoms with E-state index in [1.54, 1.807) is 0 Å². The molecule has 2 aromatic heterocycles. The van der Waals surface area contributed by atoms with Gasteiger partial charge >= 0.3 is 5.97 Å². The first kappa shape index (κ1) is 13.0. The van der Waals surface area contributed by atoms with Gasteiger partial charge in [0.05, 0.1) is 12.1 Å². The molecule has 0 aliphatic heterocycles. The monoisotopic (exact) mass is 263 g/mol. The number of carboxylic acid groups (broad SMARTS) is 1. The van der Waals surface area contributed by atoms with Gasteiger partial charge in [-0.3, -0.25) is 4.79 Å². The highest BCUT2D eigenvalue weighted by atomic mass is 16.5. The van der Waals surface area contributed by atoms with E-state index in [-0.39, 0.29) is 12.1 Å². The molecule has 0 amide bonds. The maximum Gasteiger partial charge on any atom is 0.335 e. The van der Waals surface area contributed by atoms with Crippen molar-refractivity contribution in [2.24, 2.45) is 0 Å². The lowest BCUT2D eigenvalue weighted by molar-refractivity contribution is 0.0696. The SMILES string of the molecule is CCCc1nc(Cn2ccc(C(=O)O)cc2=O)no1. The van der Waals surface area contributed by atoms with Crippen LogP contribution in [-0.2, 0) is 13.0 Å². The molecule has 0 saturated carbocycles. The highest BCUT2D eigenvalue weighted by Crippen LogP contribution is 2.02. The lowest BCUT2D eigenvalue weighted by Crippen LogP contribution is -2.21. The number of aromatic carboxylic acids is 1. The summed E-state index contributed by atoms with van der Waals surface area (Å²) < 4.78 is 6.33. The number of rotatable bonds is 5. The molecule has 2 heterocycles. The third-order valence-electron chi connectivity index (χ3n) is 2.53. The largest absolute Gasteiger partial charge is 0.478 e. The van der Waals surface area contributed by atoms with E-state index in [1.165, 1.54) is 16.8 Å². The number of carboxylic acids is 1. The molecule has 100 valence electrons. The van der Waals surface area contributed by atoms with Crippen LogP contribution in [0.3, 0.4) is 0 Å². The van der Waals surface area contributed by atoms with E-state index in [9.17, 15) is 9.59 Å². The first-order valence-corrected chi connectivity index (χ1v) is 5.85. The Hall–Kier alpha value is -2.44. The predicted octanol–water partition coefficient (Wildman–Crippen LogP) is 0.930. The van der Waals surface area contributed by atoms with Crippen molar-refractivity contribution in [3.63, 3.8) is 0 Å². The second-order valence-electron chi connectivity index (χ2n) is 4.04. The lowest BCUT2D eigenvalue weighted by Gasteiger charge is -2.01. The van der Waals surface area contributed by atoms with Crippen molar-refractivity contribution in [3.8, 4) is 0 Å². The fraction of sp³-hybridized carbons (Fsp3) is 0.333. The highest BCUT2D eigenvalue weighted by molar-refractivity contribution is 5.87. The Morgan fingerprint density at radius 1 is 1.53 bits per heavy atom. The van der Waals surface area contributed by atoms with E-state index in [0.29, 0.717) is 18.1 Å². The standard InChI is InChI=1S/C12H13N3O4/c1-2-3-10-13-9(14-19-10)7-15-5-4-8(12(17)18)6-11(15)16/h4-6H,2-3,7H2,1H3,(H,17,18). The van der Waals surface area contributed by atoms with Crippen LogP contribution in [0.5, 0.6) is 0 Å². The fourth-order valence-corrected chi connectivity index (χ4v) is 1.59. The molecule has 0 aliphatic carbocycles. The van der Waals surface area contributed by atoms with Crippen LogP contribution in [0, 0.1) is 0 Å². The van der Waals surface area contributed by atoms with Crippen LogP contribution in [0.1, 0.15) is 35.4 Å². The van der Waals surface area contributed by atoms with Crippen molar-refractivity contribution >= 4 is 5.97 Å². The molecule has 0 saturated heterocycles. The van der Waals surface area contributed by atoms with Crippen molar-refractivity contribution in [2.45, 2.75) is 26.3 Å². The van der Waals surface area contributed by atoms with Crippen LogP contribution in [-0.4, -0.2) is 25.8 Å². The molecular formula is C12H13N3O4. The van der Waals surface area contributed by atoms with Crippen LogP contribution in [0.4, 0.5) is 0 Å². The minimum atomic E-state index is -1.13. The van der Waals surface area contributed by atoms with E-state index < -0.39 is 11.5 Å². The van der Waals surface area contributed by atoms with Gasteiger partial charge in [-0.1, -0.05) is 12.1 Å². The average molecular weight is 263 g/mol. The van der Waals surface area contributed by atoms with Crippen molar-refractivity contribution < 1.29 is 14.4 Å². The first-order chi connectivity index (χ1) is 9.10. The molecule has 0 fully saturated rings. The van der Waals surface area contributed by atoms with Gasteiger partial charge in [-0.05, 0) is 12.5 Å². The third-order valence-corrected chi connectivity index (χ3v) is 2.53. The van der Waals surface area contributed by atoms with Gasteiger partial charge in [0.1, 0.15) is 0 Å². The normalized spacial score (nSPS) is 10.6. The van der Waals surface area contributed by atoms with Crippen molar-refractivity contribution in [1.29, 1.82) is 0 Å². The number of aryl methyl sites for hydroxylation is 1. The molecular weight excluding hydrogens is 250 g/mol. The summed E-state index contributed by atoms with van der Waals surface area (Å²) in [6, 6.07) is 2.42. The molecule has 0 radical (unpaired) electrons. The number of carbonyl (C=O) groups is 1. The van der Waals surface area contributed by atoms with E-state index in [0.717, 1.165) is 12.5 Å². The van der Waals surface area contributed by atoms with Crippen LogP contribution < -0.4 is 5.56 Å². The van der Waals surface area contributed by atoms with E-state index in [1.807, 2.05) is 6.92 Å². The van der Waals surface area contributed by atoms with Crippen molar-refractivity contribution in [3.05, 3.63) is 46.0 Å². The van der Waals surface area contributed by atoms with Crippen molar-refractivity contribution in [1.82, 2.24) is 14.7 Å². The van der Waals surface area contributed by atoms with Gasteiger partial charge in [0.15, 0.2) is 5.82 Å². The Bertz CT molecular complexity index is 644. The first-order valence-electron chi connectivity index (χ1n) is 5.85. The molecule has 0 unspecified atom stereocenters. The summed E-state index contributed by atoms with van der Waals surface area (Å²) in [7, 11) is 0. The smallest absolute Gasteiger partial charge is 0.335 e. The second kappa shape index (κ2) is 5.47. The molecule has 2 aromatic rings. The fourth-order valence-electron chi connectivity index (χ4n) is 1.59. The summed E-state index contributed by atoms with van der Waals surface area (Å²) in [5.74, 6) is -0.199. The molecule has 0 aromatic carbocycles. The molecule has 0 spiro atoms. The topological polar surface area (TPSA) is 98.2 Å². The van der Waals surface area contributed by atoms with Gasteiger partial charge in [0, 0.05) is 18.7 Å². The molecule has 0 atom stereocenters. The molecule has 0 bridgehead atoms. The zero-order valence-electron chi connectivity index (χ0n) is 10.4. The third kappa shape index (κ3) is 3.06. The number of aromatic nitrogens is 3. The highest BCUT2D eigenvalue weighted by Gasteiger charge is 2.09.